The van der Waals surface area contributed by atoms with Crippen LogP contribution in [0.1, 0.15) is 13.3 Å². The Labute approximate surface area is 59.9 Å². The van der Waals surface area contributed by atoms with Gasteiger partial charge in [0.1, 0.15) is 0 Å². The fraction of sp³-hybridized carbons (Fsp3) is 0.667. The normalized spacial score (nSPS) is 18.5. The molecule has 0 bridgehead atoms. The minimum atomic E-state index is -0.0929. The number of rotatable bonds is 2. The molecule has 0 spiro atoms. The lowest BCUT2D eigenvalue weighted by molar-refractivity contribution is 0.219. The first kappa shape index (κ1) is 7.05. The molecule has 10 heavy (non-hydrogen) atoms. The van der Waals surface area contributed by atoms with Crippen molar-refractivity contribution >= 4 is 12.2 Å². The molecule has 1 fully saturated rings. The Bertz CT molecular complexity index is 155. The average molecular weight is 141 g/mol. The lowest BCUT2D eigenvalue weighted by Crippen LogP contribution is -2.23. The number of urea groups is 1. The van der Waals surface area contributed by atoms with E-state index in [0.717, 1.165) is 6.42 Å². The third-order valence-electron chi connectivity index (χ3n) is 1.24. The van der Waals surface area contributed by atoms with Crippen molar-refractivity contribution in [2.45, 2.75) is 13.3 Å². The molecule has 0 radical (unpaired) electrons. The lowest BCUT2D eigenvalue weighted by atomic mass is 10.5. The van der Waals surface area contributed by atoms with Crippen LogP contribution >= 0.6 is 0 Å². The van der Waals surface area contributed by atoms with E-state index >= 15 is 0 Å². The Morgan fingerprint density at radius 3 is 3.20 bits per heavy atom. The second-order valence-corrected chi connectivity index (χ2v) is 2.06. The highest BCUT2D eigenvalue weighted by molar-refractivity contribution is 5.76. The molecule has 1 N–H and O–H groups in total. The first-order valence-corrected chi connectivity index (χ1v) is 3.42. The highest BCUT2D eigenvalue weighted by atomic mass is 16.2. The molecule has 56 valence electrons. The van der Waals surface area contributed by atoms with Crippen molar-refractivity contribution in [3.8, 4) is 0 Å². The van der Waals surface area contributed by atoms with Crippen LogP contribution in [-0.2, 0) is 0 Å². The number of carbonyl (C=O) groups excluding carboxylic acids is 1. The molecule has 4 nitrogen and oxygen atoms in total. The molecule has 4 heteroatoms. The zero-order valence-electron chi connectivity index (χ0n) is 6.00. The number of hydrazone groups is 1. The molecular weight excluding hydrogens is 130 g/mol. The van der Waals surface area contributed by atoms with Crippen molar-refractivity contribution in [3.05, 3.63) is 0 Å². The van der Waals surface area contributed by atoms with Gasteiger partial charge in [0.25, 0.3) is 0 Å². The number of amides is 2. The SMILES string of the molecule is CC/C=N/N1CCNC1=O. The molecule has 0 aromatic carbocycles. The molecular formula is C6H11N3O. The zero-order chi connectivity index (χ0) is 7.40. The highest BCUT2D eigenvalue weighted by Crippen LogP contribution is 1.95. The summed E-state index contributed by atoms with van der Waals surface area (Å²) in [6.45, 7) is 3.38. The Kier molecular flexibility index (Phi) is 2.25. The van der Waals surface area contributed by atoms with E-state index in [1.807, 2.05) is 6.92 Å². The molecule has 0 saturated carbocycles. The van der Waals surface area contributed by atoms with Gasteiger partial charge < -0.3 is 5.32 Å². The molecule has 0 unspecified atom stereocenters. The van der Waals surface area contributed by atoms with E-state index < -0.39 is 0 Å². The first-order chi connectivity index (χ1) is 4.84. The predicted molar refractivity (Wildman–Crippen MR) is 38.9 cm³/mol. The van der Waals surface area contributed by atoms with Crippen LogP contribution in [0, 0.1) is 0 Å². The number of hydrogen-bond donors (Lipinski definition) is 1. The number of hydrogen-bond acceptors (Lipinski definition) is 2. The van der Waals surface area contributed by atoms with Crippen LogP contribution in [-0.4, -0.2) is 30.3 Å². The van der Waals surface area contributed by atoms with Crippen molar-refractivity contribution < 1.29 is 4.79 Å². The summed E-state index contributed by atoms with van der Waals surface area (Å²) in [5.74, 6) is 0. The summed E-state index contributed by atoms with van der Waals surface area (Å²) in [5.41, 5.74) is 0. The maximum atomic E-state index is 10.8. The summed E-state index contributed by atoms with van der Waals surface area (Å²) in [5, 5.41) is 8.00. The highest BCUT2D eigenvalue weighted by Gasteiger charge is 2.17. The first-order valence-electron chi connectivity index (χ1n) is 3.42. The third-order valence-corrected chi connectivity index (χ3v) is 1.24. The molecule has 0 aromatic heterocycles. The van der Waals surface area contributed by atoms with Gasteiger partial charge in [-0.05, 0) is 6.42 Å². The second-order valence-electron chi connectivity index (χ2n) is 2.06. The summed E-state index contributed by atoms with van der Waals surface area (Å²) in [4.78, 5) is 10.8. The summed E-state index contributed by atoms with van der Waals surface area (Å²) in [6, 6.07) is -0.0929. The Hall–Kier alpha value is -1.06. The van der Waals surface area contributed by atoms with Gasteiger partial charge in [0, 0.05) is 12.8 Å². The van der Waals surface area contributed by atoms with Gasteiger partial charge in [-0.1, -0.05) is 6.92 Å². The van der Waals surface area contributed by atoms with Crippen LogP contribution < -0.4 is 5.32 Å². The standard InChI is InChI=1S/C6H11N3O/c1-2-3-8-9-5-4-7-6(9)10/h3H,2,4-5H2,1H3,(H,7,10)/b8-3+. The van der Waals surface area contributed by atoms with Crippen LogP contribution in [0.2, 0.25) is 0 Å². The van der Waals surface area contributed by atoms with Gasteiger partial charge in [-0.15, -0.1) is 0 Å². The Balaban J connectivity index is 2.40. The van der Waals surface area contributed by atoms with Gasteiger partial charge in [0.15, 0.2) is 0 Å². The quantitative estimate of drug-likeness (QED) is 0.556. The predicted octanol–water partition coefficient (Wildman–Crippen LogP) is 0.407. The van der Waals surface area contributed by atoms with E-state index in [0.29, 0.717) is 13.1 Å². The lowest BCUT2D eigenvalue weighted by Gasteiger charge is -2.03. The summed E-state index contributed by atoms with van der Waals surface area (Å²) in [7, 11) is 0. The van der Waals surface area contributed by atoms with Crippen molar-refractivity contribution in [2.75, 3.05) is 13.1 Å². The monoisotopic (exact) mass is 141 g/mol. The van der Waals surface area contributed by atoms with Gasteiger partial charge in [-0.2, -0.15) is 5.10 Å². The van der Waals surface area contributed by atoms with E-state index in [2.05, 4.69) is 10.4 Å². The zero-order valence-corrected chi connectivity index (χ0v) is 6.00. The minimum Gasteiger partial charge on any atom is -0.335 e. The molecule has 1 rings (SSSR count). The maximum Gasteiger partial charge on any atom is 0.337 e. The topological polar surface area (TPSA) is 44.7 Å². The van der Waals surface area contributed by atoms with Gasteiger partial charge in [0.2, 0.25) is 0 Å². The molecule has 2 amide bonds. The number of carbonyl (C=O) groups is 1. The van der Waals surface area contributed by atoms with Crippen LogP contribution in [0.3, 0.4) is 0 Å². The van der Waals surface area contributed by atoms with Crippen molar-refractivity contribution in [1.82, 2.24) is 10.3 Å². The molecule has 0 atom stereocenters. The van der Waals surface area contributed by atoms with Crippen LogP contribution in [0.25, 0.3) is 0 Å². The van der Waals surface area contributed by atoms with E-state index in [1.165, 1.54) is 5.01 Å². The van der Waals surface area contributed by atoms with Crippen LogP contribution in [0.5, 0.6) is 0 Å². The van der Waals surface area contributed by atoms with E-state index in [1.54, 1.807) is 6.21 Å². The van der Waals surface area contributed by atoms with Crippen molar-refractivity contribution in [2.24, 2.45) is 5.10 Å². The molecule has 1 aliphatic rings. The van der Waals surface area contributed by atoms with Crippen molar-refractivity contribution in [1.29, 1.82) is 0 Å². The van der Waals surface area contributed by atoms with Gasteiger partial charge in [0.05, 0.1) is 6.54 Å². The Morgan fingerprint density at radius 1 is 1.90 bits per heavy atom. The fourth-order valence-corrected chi connectivity index (χ4v) is 0.752. The Morgan fingerprint density at radius 2 is 2.70 bits per heavy atom. The average Bonchev–Trinajstić information content (AvgIpc) is 2.31. The third kappa shape index (κ3) is 1.46. The van der Waals surface area contributed by atoms with Crippen molar-refractivity contribution in [3.63, 3.8) is 0 Å². The van der Waals surface area contributed by atoms with Crippen LogP contribution in [0.4, 0.5) is 4.79 Å². The fourth-order valence-electron chi connectivity index (χ4n) is 0.752. The smallest absolute Gasteiger partial charge is 0.335 e. The molecule has 0 aromatic rings. The minimum absolute atomic E-state index is 0.0929. The molecule has 0 aliphatic carbocycles. The van der Waals surface area contributed by atoms with E-state index in [9.17, 15) is 4.79 Å². The molecule has 1 heterocycles. The second kappa shape index (κ2) is 3.20. The van der Waals surface area contributed by atoms with E-state index in [-0.39, 0.29) is 6.03 Å². The number of nitrogens with zero attached hydrogens (tertiary/aromatic N) is 2. The van der Waals surface area contributed by atoms with Gasteiger partial charge >= 0.3 is 6.03 Å². The van der Waals surface area contributed by atoms with Gasteiger partial charge in [-0.25, -0.2) is 9.80 Å². The molecule has 1 saturated heterocycles. The summed E-state index contributed by atoms with van der Waals surface area (Å²) >= 11 is 0. The molecule has 1 aliphatic heterocycles. The maximum absolute atomic E-state index is 10.8. The summed E-state index contributed by atoms with van der Waals surface area (Å²) in [6.07, 6.45) is 2.59. The number of nitrogens with one attached hydrogen (secondary N) is 1. The van der Waals surface area contributed by atoms with E-state index in [4.69, 9.17) is 0 Å². The van der Waals surface area contributed by atoms with Gasteiger partial charge in [-0.3, -0.25) is 0 Å². The van der Waals surface area contributed by atoms with Crippen LogP contribution in [0.15, 0.2) is 5.10 Å². The summed E-state index contributed by atoms with van der Waals surface area (Å²) < 4.78 is 0. The largest absolute Gasteiger partial charge is 0.337 e.